The predicted octanol–water partition coefficient (Wildman–Crippen LogP) is 2.76. The summed E-state index contributed by atoms with van der Waals surface area (Å²) >= 11 is 0. The molecule has 1 amide bonds. The molecule has 1 aromatic carbocycles. The van der Waals surface area contributed by atoms with Crippen molar-refractivity contribution in [2.45, 2.75) is 25.7 Å². The molecular weight excluding hydrogens is 323 g/mol. The Hall–Kier alpha value is -3.02. The van der Waals surface area contributed by atoms with Gasteiger partial charge in [0.1, 0.15) is 18.4 Å². The van der Waals surface area contributed by atoms with Crippen molar-refractivity contribution >= 4 is 17.4 Å². The van der Waals surface area contributed by atoms with Crippen LogP contribution in [0.15, 0.2) is 36.5 Å². The lowest BCUT2D eigenvalue weighted by Gasteiger charge is -2.13. The van der Waals surface area contributed by atoms with E-state index in [1.54, 1.807) is 25.1 Å². The standard InChI is InChI=1S/C15H14F3N5O/c1-10(14(24)21-12-4-2-3-11(7-12)8-19)20-13-5-6-23(22-13)9-15(16,17)18/h2-7,10H,9H2,1H3,(H,20,22)(H,21,24). The predicted molar refractivity (Wildman–Crippen MR) is 81.2 cm³/mol. The van der Waals surface area contributed by atoms with E-state index in [-0.39, 0.29) is 5.82 Å². The highest BCUT2D eigenvalue weighted by atomic mass is 19.4. The lowest BCUT2D eigenvalue weighted by Crippen LogP contribution is -2.32. The zero-order valence-corrected chi connectivity index (χ0v) is 12.6. The monoisotopic (exact) mass is 337 g/mol. The number of carbonyl (C=O) groups excluding carboxylic acids is 1. The zero-order chi connectivity index (χ0) is 17.7. The lowest BCUT2D eigenvalue weighted by atomic mass is 10.2. The molecule has 1 atom stereocenters. The number of nitriles is 1. The number of anilines is 2. The van der Waals surface area contributed by atoms with E-state index < -0.39 is 24.7 Å². The van der Waals surface area contributed by atoms with Crippen molar-refractivity contribution in [2.75, 3.05) is 10.6 Å². The number of benzene rings is 1. The molecule has 1 unspecified atom stereocenters. The maximum absolute atomic E-state index is 12.3. The summed E-state index contributed by atoms with van der Waals surface area (Å²) in [6, 6.07) is 8.96. The molecule has 0 bridgehead atoms. The van der Waals surface area contributed by atoms with Crippen LogP contribution in [0.5, 0.6) is 0 Å². The van der Waals surface area contributed by atoms with Crippen LogP contribution in [-0.4, -0.2) is 27.9 Å². The first kappa shape index (κ1) is 17.3. The average Bonchev–Trinajstić information content (AvgIpc) is 2.92. The Morgan fingerprint density at radius 3 is 2.83 bits per heavy atom. The van der Waals surface area contributed by atoms with Crippen LogP contribution in [0.2, 0.25) is 0 Å². The molecule has 2 aromatic rings. The summed E-state index contributed by atoms with van der Waals surface area (Å²) in [5, 5.41) is 17.9. The zero-order valence-electron chi connectivity index (χ0n) is 12.6. The minimum atomic E-state index is -4.36. The van der Waals surface area contributed by atoms with Gasteiger partial charge in [-0.2, -0.15) is 23.5 Å². The molecule has 0 saturated carbocycles. The maximum Gasteiger partial charge on any atom is 0.408 e. The highest BCUT2D eigenvalue weighted by Crippen LogP contribution is 2.18. The molecule has 1 aromatic heterocycles. The summed E-state index contributed by atoms with van der Waals surface area (Å²) in [6.07, 6.45) is -3.19. The molecule has 6 nitrogen and oxygen atoms in total. The molecule has 0 aliphatic rings. The Balaban J connectivity index is 1.95. The fraction of sp³-hybridized carbons (Fsp3) is 0.267. The van der Waals surface area contributed by atoms with Gasteiger partial charge < -0.3 is 10.6 Å². The molecular formula is C15H14F3N5O. The van der Waals surface area contributed by atoms with Crippen LogP contribution in [0.1, 0.15) is 12.5 Å². The van der Waals surface area contributed by atoms with Gasteiger partial charge in [-0.1, -0.05) is 6.07 Å². The van der Waals surface area contributed by atoms with Crippen molar-refractivity contribution in [3.8, 4) is 6.07 Å². The van der Waals surface area contributed by atoms with Gasteiger partial charge in [-0.3, -0.25) is 9.48 Å². The minimum Gasteiger partial charge on any atom is -0.357 e. The molecule has 0 fully saturated rings. The lowest BCUT2D eigenvalue weighted by molar-refractivity contribution is -0.142. The van der Waals surface area contributed by atoms with Crippen LogP contribution < -0.4 is 10.6 Å². The fourth-order valence-corrected chi connectivity index (χ4v) is 1.91. The van der Waals surface area contributed by atoms with Gasteiger partial charge in [-0.05, 0) is 25.1 Å². The van der Waals surface area contributed by atoms with Gasteiger partial charge in [0.25, 0.3) is 0 Å². The molecule has 2 N–H and O–H groups in total. The van der Waals surface area contributed by atoms with E-state index in [0.29, 0.717) is 11.3 Å². The van der Waals surface area contributed by atoms with Crippen molar-refractivity contribution in [3.63, 3.8) is 0 Å². The molecule has 9 heteroatoms. The SMILES string of the molecule is CC(Nc1ccn(CC(F)(F)F)n1)C(=O)Nc1cccc(C#N)c1. The van der Waals surface area contributed by atoms with Gasteiger partial charge in [-0.15, -0.1) is 0 Å². The Morgan fingerprint density at radius 2 is 2.17 bits per heavy atom. The van der Waals surface area contributed by atoms with Gasteiger partial charge in [0.15, 0.2) is 0 Å². The van der Waals surface area contributed by atoms with Crippen LogP contribution in [0.25, 0.3) is 0 Å². The number of carbonyl (C=O) groups is 1. The van der Waals surface area contributed by atoms with E-state index >= 15 is 0 Å². The smallest absolute Gasteiger partial charge is 0.357 e. The van der Waals surface area contributed by atoms with E-state index in [4.69, 9.17) is 5.26 Å². The number of aromatic nitrogens is 2. The quantitative estimate of drug-likeness (QED) is 0.879. The average molecular weight is 337 g/mol. The summed E-state index contributed by atoms with van der Waals surface area (Å²) in [5.74, 6) is -0.247. The summed E-state index contributed by atoms with van der Waals surface area (Å²) in [6.45, 7) is 0.350. The number of nitrogens with zero attached hydrogens (tertiary/aromatic N) is 3. The molecule has 24 heavy (non-hydrogen) atoms. The second-order valence-electron chi connectivity index (χ2n) is 5.06. The third-order valence-electron chi connectivity index (χ3n) is 3.00. The summed E-state index contributed by atoms with van der Waals surface area (Å²) in [5.41, 5.74) is 0.856. The first-order valence-electron chi connectivity index (χ1n) is 6.94. The van der Waals surface area contributed by atoms with Crippen molar-refractivity contribution in [1.82, 2.24) is 9.78 Å². The number of nitrogens with one attached hydrogen (secondary N) is 2. The summed E-state index contributed by atoms with van der Waals surface area (Å²) < 4.78 is 37.6. The molecule has 0 spiro atoms. The third kappa shape index (κ3) is 5.01. The van der Waals surface area contributed by atoms with E-state index in [9.17, 15) is 18.0 Å². The van der Waals surface area contributed by atoms with Crippen LogP contribution in [0, 0.1) is 11.3 Å². The molecule has 126 valence electrons. The van der Waals surface area contributed by atoms with Crippen molar-refractivity contribution < 1.29 is 18.0 Å². The van der Waals surface area contributed by atoms with Crippen LogP contribution in [0.3, 0.4) is 0 Å². The maximum atomic E-state index is 12.3. The van der Waals surface area contributed by atoms with E-state index in [2.05, 4.69) is 15.7 Å². The van der Waals surface area contributed by atoms with Crippen LogP contribution in [0.4, 0.5) is 24.7 Å². The second kappa shape index (κ2) is 7.04. The highest BCUT2D eigenvalue weighted by molar-refractivity contribution is 5.96. The van der Waals surface area contributed by atoms with Crippen molar-refractivity contribution in [2.24, 2.45) is 0 Å². The first-order valence-corrected chi connectivity index (χ1v) is 6.94. The summed E-state index contributed by atoms with van der Waals surface area (Å²) in [4.78, 5) is 12.1. The second-order valence-corrected chi connectivity index (χ2v) is 5.06. The molecule has 0 aliphatic heterocycles. The number of hydrogen-bond donors (Lipinski definition) is 2. The molecule has 0 saturated heterocycles. The minimum absolute atomic E-state index is 0.160. The molecule has 0 aliphatic carbocycles. The largest absolute Gasteiger partial charge is 0.408 e. The van der Waals surface area contributed by atoms with E-state index in [1.165, 1.54) is 18.3 Å². The highest BCUT2D eigenvalue weighted by Gasteiger charge is 2.28. The molecule has 2 rings (SSSR count). The Kier molecular flexibility index (Phi) is 5.08. The van der Waals surface area contributed by atoms with Gasteiger partial charge in [-0.25, -0.2) is 0 Å². The normalized spacial score (nSPS) is 12.3. The molecule has 0 radical (unpaired) electrons. The van der Waals surface area contributed by atoms with Crippen LogP contribution in [-0.2, 0) is 11.3 Å². The number of amides is 1. The Labute approximate surface area is 135 Å². The van der Waals surface area contributed by atoms with Gasteiger partial charge in [0.05, 0.1) is 11.6 Å². The van der Waals surface area contributed by atoms with Crippen molar-refractivity contribution in [1.29, 1.82) is 5.26 Å². The Morgan fingerprint density at radius 1 is 1.42 bits per heavy atom. The van der Waals surface area contributed by atoms with Gasteiger partial charge in [0, 0.05) is 18.0 Å². The topological polar surface area (TPSA) is 82.7 Å². The first-order chi connectivity index (χ1) is 11.3. The molecule has 1 heterocycles. The van der Waals surface area contributed by atoms with Crippen molar-refractivity contribution in [3.05, 3.63) is 42.1 Å². The Bertz CT molecular complexity index is 763. The number of rotatable bonds is 5. The van der Waals surface area contributed by atoms with E-state index in [1.807, 2.05) is 6.07 Å². The van der Waals surface area contributed by atoms with Gasteiger partial charge >= 0.3 is 6.18 Å². The number of alkyl halides is 3. The van der Waals surface area contributed by atoms with E-state index in [0.717, 1.165) is 4.68 Å². The summed E-state index contributed by atoms with van der Waals surface area (Å²) in [7, 11) is 0. The fourth-order valence-electron chi connectivity index (χ4n) is 1.91. The third-order valence-corrected chi connectivity index (χ3v) is 3.00. The number of halogens is 3. The van der Waals surface area contributed by atoms with Gasteiger partial charge in [0.2, 0.25) is 5.91 Å². The number of hydrogen-bond acceptors (Lipinski definition) is 4. The van der Waals surface area contributed by atoms with Crippen LogP contribution >= 0.6 is 0 Å².